The van der Waals surface area contributed by atoms with Gasteiger partial charge in [-0.05, 0) is 18.6 Å². The van der Waals surface area contributed by atoms with Crippen molar-refractivity contribution in [2.24, 2.45) is 0 Å². The summed E-state index contributed by atoms with van der Waals surface area (Å²) in [6.45, 7) is 0. The lowest BCUT2D eigenvalue weighted by Gasteiger charge is -2.13. The third-order valence-corrected chi connectivity index (χ3v) is 3.06. The van der Waals surface area contributed by atoms with Crippen LogP contribution in [-0.2, 0) is 14.9 Å². The topological polar surface area (TPSA) is 121 Å². The summed E-state index contributed by atoms with van der Waals surface area (Å²) in [7, 11) is -4.27. The Kier molecular flexibility index (Phi) is 5.02. The summed E-state index contributed by atoms with van der Waals surface area (Å²) in [5.41, 5.74) is 0.264. The molecule has 1 rings (SSSR count). The van der Waals surface area contributed by atoms with Crippen LogP contribution < -0.4 is 5.32 Å². The summed E-state index contributed by atoms with van der Waals surface area (Å²) in [5.74, 6) is -2.73. The molecular formula is C11H13NO6S. The lowest BCUT2D eigenvalue weighted by Crippen LogP contribution is -2.41. The molecule has 3 N–H and O–H groups in total. The highest BCUT2D eigenvalue weighted by Gasteiger charge is 2.22. The van der Waals surface area contributed by atoms with E-state index >= 15 is 0 Å². The average molecular weight is 287 g/mol. The Balaban J connectivity index is 2.69. The van der Waals surface area contributed by atoms with Gasteiger partial charge >= 0.3 is 5.97 Å². The Hall–Kier alpha value is -1.93. The molecule has 0 saturated heterocycles. The van der Waals surface area contributed by atoms with Crippen LogP contribution in [-0.4, -0.2) is 41.7 Å². The highest BCUT2D eigenvalue weighted by Crippen LogP contribution is 2.02. The molecule has 1 amide bonds. The number of carboxylic acids is 1. The molecule has 1 atom stereocenters. The molecule has 0 aromatic heterocycles. The van der Waals surface area contributed by atoms with Crippen molar-refractivity contribution < 1.29 is 27.7 Å². The van der Waals surface area contributed by atoms with Crippen molar-refractivity contribution in [2.75, 3.05) is 5.75 Å². The zero-order chi connectivity index (χ0) is 14.5. The van der Waals surface area contributed by atoms with Gasteiger partial charge in [0.25, 0.3) is 16.0 Å². The Bertz CT molecular complexity index is 554. The monoisotopic (exact) mass is 287 g/mol. The van der Waals surface area contributed by atoms with E-state index in [0.717, 1.165) is 0 Å². The van der Waals surface area contributed by atoms with Gasteiger partial charge in [0.15, 0.2) is 0 Å². The fraction of sp³-hybridized carbons (Fsp3) is 0.273. The molecule has 1 aromatic carbocycles. The van der Waals surface area contributed by atoms with Gasteiger partial charge < -0.3 is 10.4 Å². The van der Waals surface area contributed by atoms with Gasteiger partial charge in [-0.15, -0.1) is 0 Å². The van der Waals surface area contributed by atoms with E-state index in [1.807, 2.05) is 0 Å². The third-order valence-electron chi connectivity index (χ3n) is 2.30. The maximum absolute atomic E-state index is 11.7. The van der Waals surface area contributed by atoms with E-state index in [-0.39, 0.29) is 5.56 Å². The first-order chi connectivity index (χ1) is 8.79. The summed E-state index contributed by atoms with van der Waals surface area (Å²) in [4.78, 5) is 22.6. The van der Waals surface area contributed by atoms with Crippen molar-refractivity contribution in [1.29, 1.82) is 0 Å². The van der Waals surface area contributed by atoms with Gasteiger partial charge in [0.05, 0.1) is 5.75 Å². The predicted molar refractivity (Wildman–Crippen MR) is 66.4 cm³/mol. The molecule has 0 aliphatic carbocycles. The van der Waals surface area contributed by atoms with Crippen LogP contribution in [0.5, 0.6) is 0 Å². The lowest BCUT2D eigenvalue weighted by molar-refractivity contribution is -0.139. The number of hydrogen-bond acceptors (Lipinski definition) is 4. The van der Waals surface area contributed by atoms with Crippen LogP contribution in [0.3, 0.4) is 0 Å². The van der Waals surface area contributed by atoms with Crippen molar-refractivity contribution in [2.45, 2.75) is 12.5 Å². The van der Waals surface area contributed by atoms with E-state index in [0.29, 0.717) is 0 Å². The Morgan fingerprint density at radius 2 is 1.79 bits per heavy atom. The third kappa shape index (κ3) is 5.49. The molecule has 0 bridgehead atoms. The van der Waals surface area contributed by atoms with Gasteiger partial charge in [0, 0.05) is 5.56 Å². The number of hydrogen-bond donors (Lipinski definition) is 3. The lowest BCUT2D eigenvalue weighted by atomic mass is 10.1. The van der Waals surface area contributed by atoms with Crippen LogP contribution in [0.2, 0.25) is 0 Å². The zero-order valence-corrected chi connectivity index (χ0v) is 10.6. The minimum atomic E-state index is -4.27. The summed E-state index contributed by atoms with van der Waals surface area (Å²) < 4.78 is 29.7. The average Bonchev–Trinajstić information content (AvgIpc) is 2.33. The second-order valence-electron chi connectivity index (χ2n) is 3.81. The molecule has 0 aliphatic rings. The molecular weight excluding hydrogens is 274 g/mol. The van der Waals surface area contributed by atoms with Gasteiger partial charge in [0.2, 0.25) is 0 Å². The van der Waals surface area contributed by atoms with E-state index in [1.54, 1.807) is 18.2 Å². The fourth-order valence-electron chi connectivity index (χ4n) is 1.36. The van der Waals surface area contributed by atoms with Crippen molar-refractivity contribution >= 4 is 22.0 Å². The van der Waals surface area contributed by atoms with Gasteiger partial charge in [0.1, 0.15) is 6.04 Å². The molecule has 0 radical (unpaired) electrons. The number of aliphatic carboxylic acids is 1. The van der Waals surface area contributed by atoms with Crippen LogP contribution in [0.4, 0.5) is 0 Å². The van der Waals surface area contributed by atoms with E-state index < -0.39 is 40.2 Å². The van der Waals surface area contributed by atoms with Crippen molar-refractivity contribution in [3.05, 3.63) is 35.9 Å². The molecule has 19 heavy (non-hydrogen) atoms. The maximum atomic E-state index is 11.7. The van der Waals surface area contributed by atoms with Crippen LogP contribution in [0.25, 0.3) is 0 Å². The minimum absolute atomic E-state index is 0.264. The van der Waals surface area contributed by atoms with E-state index in [9.17, 15) is 18.0 Å². The van der Waals surface area contributed by atoms with Crippen LogP contribution in [0.1, 0.15) is 16.8 Å². The first kappa shape index (κ1) is 15.1. The SMILES string of the molecule is O=C(N[C@@H](CCS(=O)(=O)O)C(=O)O)c1ccccc1. The molecule has 8 heteroatoms. The second kappa shape index (κ2) is 6.30. The normalized spacial score (nSPS) is 12.7. The Morgan fingerprint density at radius 3 is 2.26 bits per heavy atom. The number of carbonyl (C=O) groups excluding carboxylic acids is 1. The van der Waals surface area contributed by atoms with Gasteiger partial charge in [-0.1, -0.05) is 18.2 Å². The summed E-state index contributed by atoms with van der Waals surface area (Å²) in [6.07, 6.45) is -0.410. The molecule has 104 valence electrons. The first-order valence-electron chi connectivity index (χ1n) is 5.33. The molecule has 7 nitrogen and oxygen atoms in total. The van der Waals surface area contributed by atoms with E-state index in [2.05, 4.69) is 5.32 Å². The number of benzene rings is 1. The molecule has 0 heterocycles. The summed E-state index contributed by atoms with van der Waals surface area (Å²) >= 11 is 0. The quantitative estimate of drug-likeness (QED) is 0.640. The molecule has 0 aliphatic heterocycles. The molecule has 0 saturated carbocycles. The largest absolute Gasteiger partial charge is 0.480 e. The molecule has 0 unspecified atom stereocenters. The smallest absolute Gasteiger partial charge is 0.326 e. The van der Waals surface area contributed by atoms with E-state index in [4.69, 9.17) is 9.66 Å². The van der Waals surface area contributed by atoms with Crippen LogP contribution in [0, 0.1) is 0 Å². The number of rotatable bonds is 6. The summed E-state index contributed by atoms with van der Waals surface area (Å²) in [5, 5.41) is 11.1. The Labute approximate surface area is 110 Å². The van der Waals surface area contributed by atoms with Crippen LogP contribution >= 0.6 is 0 Å². The number of carboxylic acid groups (broad SMARTS) is 1. The second-order valence-corrected chi connectivity index (χ2v) is 5.38. The molecule has 1 aromatic rings. The number of carbonyl (C=O) groups is 2. The molecule has 0 spiro atoms. The highest BCUT2D eigenvalue weighted by molar-refractivity contribution is 7.85. The van der Waals surface area contributed by atoms with Gasteiger partial charge in [-0.2, -0.15) is 8.42 Å². The number of nitrogens with one attached hydrogen (secondary N) is 1. The highest BCUT2D eigenvalue weighted by atomic mass is 32.2. The predicted octanol–water partition coefficient (Wildman–Crippen LogP) is 0.148. The van der Waals surface area contributed by atoms with Crippen molar-refractivity contribution in [1.82, 2.24) is 5.32 Å². The standard InChI is InChI=1S/C11H13NO6S/c13-10(8-4-2-1-3-5-8)12-9(11(14)15)6-7-19(16,17)18/h1-5,9H,6-7H2,(H,12,13)(H,14,15)(H,16,17,18)/t9-/m0/s1. The zero-order valence-electron chi connectivity index (χ0n) is 9.81. The summed E-state index contributed by atoms with van der Waals surface area (Å²) in [6, 6.07) is 6.54. The fourth-order valence-corrected chi connectivity index (χ4v) is 1.89. The minimum Gasteiger partial charge on any atom is -0.480 e. The maximum Gasteiger partial charge on any atom is 0.326 e. The number of amides is 1. The van der Waals surface area contributed by atoms with E-state index in [1.165, 1.54) is 12.1 Å². The molecule has 0 fully saturated rings. The van der Waals surface area contributed by atoms with Gasteiger partial charge in [-0.25, -0.2) is 4.79 Å². The van der Waals surface area contributed by atoms with Crippen molar-refractivity contribution in [3.63, 3.8) is 0 Å². The van der Waals surface area contributed by atoms with Gasteiger partial charge in [-0.3, -0.25) is 9.35 Å². The Morgan fingerprint density at radius 1 is 1.21 bits per heavy atom. The first-order valence-corrected chi connectivity index (χ1v) is 6.94. The van der Waals surface area contributed by atoms with Crippen molar-refractivity contribution in [3.8, 4) is 0 Å². The van der Waals surface area contributed by atoms with Crippen LogP contribution in [0.15, 0.2) is 30.3 Å².